The minimum Gasteiger partial charge on any atom is -0.392 e. The molecule has 0 aliphatic heterocycles. The van der Waals surface area contributed by atoms with E-state index in [9.17, 15) is 0 Å². The fourth-order valence-corrected chi connectivity index (χ4v) is 0.594. The fraction of sp³-hybridized carbons (Fsp3) is 0.667. The lowest BCUT2D eigenvalue weighted by atomic mass is 10.3. The molecule has 0 bridgehead atoms. The third-order valence-electron chi connectivity index (χ3n) is 0.851. The maximum atomic E-state index is 8.48. The molecule has 0 heterocycles. The molecule has 1 nitrogen and oxygen atoms in total. The average Bonchev–Trinajstić information content (AvgIpc) is 1.83. The van der Waals surface area contributed by atoms with Gasteiger partial charge in [0.1, 0.15) is 0 Å². The quantitative estimate of drug-likeness (QED) is 0.516. The molecule has 48 valence electrons. The van der Waals surface area contributed by atoms with Crippen LogP contribution < -0.4 is 0 Å². The Hall–Kier alpha value is 0.180. The lowest BCUT2D eigenvalue weighted by Crippen LogP contribution is -1.83. The molecule has 1 N–H and O–H groups in total. The van der Waals surface area contributed by atoms with Crippen LogP contribution in [-0.2, 0) is 0 Å². The molecule has 0 aliphatic rings. The zero-order valence-electron chi connectivity index (χ0n) is 5.02. The van der Waals surface area contributed by atoms with Gasteiger partial charge < -0.3 is 5.11 Å². The summed E-state index contributed by atoms with van der Waals surface area (Å²) in [4.78, 5) is 0. The van der Waals surface area contributed by atoms with Crippen LogP contribution in [0.1, 0.15) is 13.3 Å². The van der Waals surface area contributed by atoms with E-state index in [-0.39, 0.29) is 6.61 Å². The first-order valence-corrected chi connectivity index (χ1v) is 3.76. The predicted octanol–water partition coefficient (Wildman–Crippen LogP) is 1.71. The van der Waals surface area contributed by atoms with Crippen molar-refractivity contribution in [3.63, 3.8) is 0 Å². The maximum Gasteiger partial charge on any atom is 0.0639 e. The van der Waals surface area contributed by atoms with Crippen molar-refractivity contribution in [2.45, 2.75) is 13.3 Å². The van der Waals surface area contributed by atoms with E-state index in [1.807, 2.05) is 13.0 Å². The summed E-state index contributed by atoms with van der Waals surface area (Å²) >= 11 is 3.28. The molecule has 0 atom stereocenters. The number of halogens is 1. The summed E-state index contributed by atoms with van der Waals surface area (Å²) in [7, 11) is 0. The third kappa shape index (κ3) is 4.34. The van der Waals surface area contributed by atoms with E-state index in [2.05, 4.69) is 15.9 Å². The second kappa shape index (κ2) is 5.32. The predicted molar refractivity (Wildman–Crippen MR) is 39.3 cm³/mol. The van der Waals surface area contributed by atoms with E-state index in [4.69, 9.17) is 5.11 Å². The average molecular weight is 179 g/mol. The van der Waals surface area contributed by atoms with Crippen LogP contribution >= 0.6 is 15.9 Å². The van der Waals surface area contributed by atoms with Gasteiger partial charge in [-0.15, -0.1) is 0 Å². The van der Waals surface area contributed by atoms with E-state index in [0.29, 0.717) is 0 Å². The Kier molecular flexibility index (Phi) is 5.44. The fourth-order valence-electron chi connectivity index (χ4n) is 0.366. The molecule has 0 fully saturated rings. The Morgan fingerprint density at radius 3 is 2.75 bits per heavy atom. The van der Waals surface area contributed by atoms with Crippen molar-refractivity contribution < 1.29 is 5.11 Å². The minimum atomic E-state index is 0.188. The second-order valence-corrected chi connectivity index (χ2v) is 2.48. The Labute approximate surface area is 58.5 Å². The van der Waals surface area contributed by atoms with Crippen molar-refractivity contribution >= 4 is 15.9 Å². The summed E-state index contributed by atoms with van der Waals surface area (Å²) in [5.41, 5.74) is 1.05. The molecule has 0 aromatic heterocycles. The molecule has 0 aromatic carbocycles. The van der Waals surface area contributed by atoms with E-state index in [0.717, 1.165) is 17.3 Å². The summed E-state index contributed by atoms with van der Waals surface area (Å²) in [6.45, 7) is 2.11. The summed E-state index contributed by atoms with van der Waals surface area (Å²) in [6.07, 6.45) is 3.03. The van der Waals surface area contributed by atoms with Gasteiger partial charge in [-0.25, -0.2) is 0 Å². The molecular formula is C6H11BrO. The van der Waals surface area contributed by atoms with Gasteiger partial charge in [-0.3, -0.25) is 0 Å². The summed E-state index contributed by atoms with van der Waals surface area (Å²) in [5.74, 6) is 0. The number of rotatable bonds is 3. The van der Waals surface area contributed by atoms with Crippen molar-refractivity contribution in [3.8, 4) is 0 Å². The van der Waals surface area contributed by atoms with Crippen molar-refractivity contribution in [2.75, 3.05) is 11.9 Å². The smallest absolute Gasteiger partial charge is 0.0639 e. The molecule has 0 rings (SSSR count). The largest absolute Gasteiger partial charge is 0.392 e. The molecule has 0 aliphatic carbocycles. The Morgan fingerprint density at radius 1 is 1.75 bits per heavy atom. The molecule has 2 heteroatoms. The van der Waals surface area contributed by atoms with Gasteiger partial charge in [0.05, 0.1) is 6.61 Å². The molecule has 8 heavy (non-hydrogen) atoms. The van der Waals surface area contributed by atoms with Crippen molar-refractivity contribution in [1.82, 2.24) is 0 Å². The number of alkyl halides is 1. The maximum absolute atomic E-state index is 8.48. The molecule has 0 saturated heterocycles. The normalized spacial score (nSPS) is 12.1. The monoisotopic (exact) mass is 178 g/mol. The Bertz CT molecular complexity index is 78.6. The summed E-state index contributed by atoms with van der Waals surface area (Å²) in [6, 6.07) is 0. The van der Waals surface area contributed by atoms with Crippen molar-refractivity contribution in [1.29, 1.82) is 0 Å². The van der Waals surface area contributed by atoms with Crippen LogP contribution in [0.3, 0.4) is 0 Å². The van der Waals surface area contributed by atoms with Gasteiger partial charge in [-0.1, -0.05) is 27.6 Å². The van der Waals surface area contributed by atoms with Gasteiger partial charge in [0, 0.05) is 5.33 Å². The van der Waals surface area contributed by atoms with E-state index in [1.54, 1.807) is 0 Å². The zero-order valence-corrected chi connectivity index (χ0v) is 6.61. The SMILES string of the molecule is C/C(=C\CCBr)CO. The molecule has 0 radical (unpaired) electrons. The molecular weight excluding hydrogens is 168 g/mol. The highest BCUT2D eigenvalue weighted by Gasteiger charge is 1.81. The molecule has 0 spiro atoms. The van der Waals surface area contributed by atoms with Crippen LogP contribution in [0.25, 0.3) is 0 Å². The lowest BCUT2D eigenvalue weighted by molar-refractivity contribution is 0.331. The second-order valence-electron chi connectivity index (χ2n) is 1.69. The number of hydrogen-bond donors (Lipinski definition) is 1. The van der Waals surface area contributed by atoms with Crippen molar-refractivity contribution in [2.24, 2.45) is 0 Å². The number of aliphatic hydroxyl groups is 1. The van der Waals surface area contributed by atoms with Crippen LogP contribution in [0.2, 0.25) is 0 Å². The standard InChI is InChI=1S/C6H11BrO/c1-6(5-8)3-2-4-7/h3,8H,2,4-5H2,1H3/b6-3+. The highest BCUT2D eigenvalue weighted by molar-refractivity contribution is 9.09. The highest BCUT2D eigenvalue weighted by atomic mass is 79.9. The van der Waals surface area contributed by atoms with E-state index in [1.165, 1.54) is 0 Å². The minimum absolute atomic E-state index is 0.188. The van der Waals surface area contributed by atoms with Crippen LogP contribution in [0.4, 0.5) is 0 Å². The van der Waals surface area contributed by atoms with Crippen LogP contribution in [-0.4, -0.2) is 17.0 Å². The summed E-state index contributed by atoms with van der Waals surface area (Å²) < 4.78 is 0. The molecule has 0 amide bonds. The van der Waals surface area contributed by atoms with E-state index < -0.39 is 0 Å². The number of aliphatic hydroxyl groups excluding tert-OH is 1. The molecule has 0 saturated carbocycles. The highest BCUT2D eigenvalue weighted by Crippen LogP contribution is 1.95. The first-order valence-electron chi connectivity index (χ1n) is 2.63. The summed E-state index contributed by atoms with van der Waals surface area (Å²) in [5, 5.41) is 9.45. The lowest BCUT2D eigenvalue weighted by Gasteiger charge is -1.90. The van der Waals surface area contributed by atoms with Gasteiger partial charge in [0.15, 0.2) is 0 Å². The third-order valence-corrected chi connectivity index (χ3v) is 1.31. The number of allylic oxidation sites excluding steroid dienone is 1. The Balaban J connectivity index is 3.26. The molecule has 0 aromatic rings. The Morgan fingerprint density at radius 2 is 2.38 bits per heavy atom. The van der Waals surface area contributed by atoms with Gasteiger partial charge in [-0.2, -0.15) is 0 Å². The van der Waals surface area contributed by atoms with Crippen molar-refractivity contribution in [3.05, 3.63) is 11.6 Å². The topological polar surface area (TPSA) is 20.2 Å². The van der Waals surface area contributed by atoms with E-state index >= 15 is 0 Å². The van der Waals surface area contributed by atoms with Gasteiger partial charge >= 0.3 is 0 Å². The first-order chi connectivity index (χ1) is 3.81. The van der Waals surface area contributed by atoms with Gasteiger partial charge in [0.2, 0.25) is 0 Å². The zero-order chi connectivity index (χ0) is 6.41. The van der Waals surface area contributed by atoms with Gasteiger partial charge in [-0.05, 0) is 13.3 Å². The van der Waals surface area contributed by atoms with Crippen LogP contribution in [0, 0.1) is 0 Å². The first kappa shape index (κ1) is 8.18. The van der Waals surface area contributed by atoms with Gasteiger partial charge in [0.25, 0.3) is 0 Å². The molecule has 0 unspecified atom stereocenters. The van der Waals surface area contributed by atoms with Crippen LogP contribution in [0.5, 0.6) is 0 Å². The van der Waals surface area contributed by atoms with Crippen LogP contribution in [0.15, 0.2) is 11.6 Å². The number of hydrogen-bond acceptors (Lipinski definition) is 1.